The summed E-state index contributed by atoms with van der Waals surface area (Å²) in [4.78, 5) is 17.5. The second kappa shape index (κ2) is 9.45. The molecule has 2 N–H and O–H groups in total. The van der Waals surface area contributed by atoms with E-state index in [0.29, 0.717) is 27.6 Å². The first-order valence-electron chi connectivity index (χ1n) is 9.39. The maximum Gasteiger partial charge on any atom is 0.259 e. The summed E-state index contributed by atoms with van der Waals surface area (Å²) >= 11 is 9.68. The van der Waals surface area contributed by atoms with Crippen LogP contribution in [0.4, 0.5) is 5.69 Å². The average Bonchev–Trinajstić information content (AvgIpc) is 2.95. The SMILES string of the molecule is Cc1nn(C)c(C)c1CN=C(NC(=O)c1ccccc1Br)Nc1cccc(Cl)c1C. The molecule has 0 spiro atoms. The number of nitrogens with one attached hydrogen (secondary N) is 2. The van der Waals surface area contributed by atoms with Gasteiger partial charge in [0.05, 0.1) is 17.8 Å². The van der Waals surface area contributed by atoms with E-state index in [2.05, 4.69) is 36.7 Å². The zero-order chi connectivity index (χ0) is 21.8. The molecule has 0 aliphatic carbocycles. The van der Waals surface area contributed by atoms with E-state index in [4.69, 9.17) is 11.6 Å². The molecule has 8 heteroatoms. The Balaban J connectivity index is 1.92. The van der Waals surface area contributed by atoms with E-state index in [-0.39, 0.29) is 5.91 Å². The van der Waals surface area contributed by atoms with E-state index in [9.17, 15) is 4.79 Å². The van der Waals surface area contributed by atoms with Gasteiger partial charge in [0.15, 0.2) is 0 Å². The number of aliphatic imine (C=N–C) groups is 1. The summed E-state index contributed by atoms with van der Waals surface area (Å²) in [5.41, 5.74) is 5.13. The second-order valence-corrected chi connectivity index (χ2v) is 8.17. The topological polar surface area (TPSA) is 71.3 Å². The number of amides is 1. The van der Waals surface area contributed by atoms with Crippen molar-refractivity contribution in [1.82, 2.24) is 15.1 Å². The van der Waals surface area contributed by atoms with Crippen LogP contribution in [0.15, 0.2) is 51.9 Å². The van der Waals surface area contributed by atoms with Gasteiger partial charge in [0.2, 0.25) is 5.96 Å². The number of guanidine groups is 1. The first-order valence-corrected chi connectivity index (χ1v) is 10.6. The molecule has 0 aliphatic rings. The van der Waals surface area contributed by atoms with Gasteiger partial charge in [-0.25, -0.2) is 4.99 Å². The number of anilines is 1. The molecule has 1 aromatic heterocycles. The summed E-state index contributed by atoms with van der Waals surface area (Å²) < 4.78 is 2.54. The van der Waals surface area contributed by atoms with Gasteiger partial charge in [0.1, 0.15) is 0 Å². The molecule has 30 heavy (non-hydrogen) atoms. The Hall–Kier alpha value is -2.64. The van der Waals surface area contributed by atoms with Crippen molar-refractivity contribution in [2.24, 2.45) is 12.0 Å². The van der Waals surface area contributed by atoms with E-state index >= 15 is 0 Å². The Morgan fingerprint density at radius 2 is 1.90 bits per heavy atom. The Morgan fingerprint density at radius 1 is 1.17 bits per heavy atom. The van der Waals surface area contributed by atoms with Crippen molar-refractivity contribution in [2.75, 3.05) is 5.32 Å². The van der Waals surface area contributed by atoms with E-state index < -0.39 is 0 Å². The standard InChI is InChI=1S/C22H23BrClN5O/c1-13-19(24)10-7-11-20(13)26-22(25-12-17-14(2)28-29(4)15(17)3)27-21(30)16-8-5-6-9-18(16)23/h5-11H,12H2,1-4H3,(H2,25,26,27,30). The van der Waals surface area contributed by atoms with Crippen LogP contribution in [-0.4, -0.2) is 21.6 Å². The Labute approximate surface area is 189 Å². The third-order valence-corrected chi connectivity index (χ3v) is 6.03. The minimum absolute atomic E-state index is 0.270. The molecule has 0 fully saturated rings. The van der Waals surface area contributed by atoms with Crippen LogP contribution in [0.2, 0.25) is 5.02 Å². The van der Waals surface area contributed by atoms with Crippen LogP contribution < -0.4 is 10.6 Å². The molecular weight excluding hydrogens is 466 g/mol. The van der Waals surface area contributed by atoms with Crippen LogP contribution in [0.5, 0.6) is 0 Å². The van der Waals surface area contributed by atoms with Crippen LogP contribution in [0.1, 0.15) is 32.9 Å². The fraction of sp³-hybridized carbons (Fsp3) is 0.227. The molecule has 2 aromatic carbocycles. The zero-order valence-corrected chi connectivity index (χ0v) is 19.6. The Kier molecular flexibility index (Phi) is 6.95. The van der Waals surface area contributed by atoms with Crippen molar-refractivity contribution in [3.8, 4) is 0 Å². The van der Waals surface area contributed by atoms with Crippen molar-refractivity contribution >= 4 is 45.1 Å². The molecule has 6 nitrogen and oxygen atoms in total. The van der Waals surface area contributed by atoms with E-state index in [1.54, 1.807) is 6.07 Å². The molecule has 3 rings (SSSR count). The van der Waals surface area contributed by atoms with Crippen LogP contribution in [0.25, 0.3) is 0 Å². The quantitative estimate of drug-likeness (QED) is 0.394. The van der Waals surface area contributed by atoms with Crippen molar-refractivity contribution < 1.29 is 4.79 Å². The molecular formula is C22H23BrClN5O. The fourth-order valence-electron chi connectivity index (χ4n) is 3.01. The monoisotopic (exact) mass is 487 g/mol. The van der Waals surface area contributed by atoms with Crippen LogP contribution in [0.3, 0.4) is 0 Å². The fourth-order valence-corrected chi connectivity index (χ4v) is 3.64. The molecule has 0 saturated carbocycles. The highest BCUT2D eigenvalue weighted by Gasteiger charge is 2.15. The highest BCUT2D eigenvalue weighted by Crippen LogP contribution is 2.23. The number of hydrogen-bond donors (Lipinski definition) is 2. The molecule has 156 valence electrons. The van der Waals surface area contributed by atoms with Crippen molar-refractivity contribution in [3.05, 3.63) is 80.0 Å². The van der Waals surface area contributed by atoms with Crippen LogP contribution >= 0.6 is 27.5 Å². The minimum Gasteiger partial charge on any atom is -0.326 e. The first kappa shape index (κ1) is 22.1. The largest absolute Gasteiger partial charge is 0.326 e. The molecule has 0 saturated heterocycles. The number of hydrogen-bond acceptors (Lipinski definition) is 3. The molecule has 0 bridgehead atoms. The van der Waals surface area contributed by atoms with Gasteiger partial charge in [-0.2, -0.15) is 5.10 Å². The number of halogens is 2. The molecule has 0 radical (unpaired) electrons. The van der Waals surface area contributed by atoms with Gasteiger partial charge >= 0.3 is 0 Å². The summed E-state index contributed by atoms with van der Waals surface area (Å²) in [7, 11) is 1.90. The zero-order valence-electron chi connectivity index (χ0n) is 17.3. The third-order valence-electron chi connectivity index (χ3n) is 4.93. The highest BCUT2D eigenvalue weighted by atomic mass is 79.9. The third kappa shape index (κ3) is 4.91. The van der Waals surface area contributed by atoms with Gasteiger partial charge in [-0.1, -0.05) is 29.8 Å². The molecule has 3 aromatic rings. The summed E-state index contributed by atoms with van der Waals surface area (Å²) in [6.07, 6.45) is 0. The second-order valence-electron chi connectivity index (χ2n) is 6.91. The van der Waals surface area contributed by atoms with Crippen molar-refractivity contribution in [3.63, 3.8) is 0 Å². The highest BCUT2D eigenvalue weighted by molar-refractivity contribution is 9.10. The lowest BCUT2D eigenvalue weighted by Gasteiger charge is -2.15. The Bertz CT molecular complexity index is 1120. The number of nitrogens with zero attached hydrogens (tertiary/aromatic N) is 3. The number of carbonyl (C=O) groups is 1. The summed E-state index contributed by atoms with van der Waals surface area (Å²) in [6, 6.07) is 12.8. The average molecular weight is 489 g/mol. The molecule has 1 heterocycles. The lowest BCUT2D eigenvalue weighted by molar-refractivity contribution is 0.0976. The van der Waals surface area contributed by atoms with E-state index in [1.807, 2.05) is 68.9 Å². The van der Waals surface area contributed by atoms with Gasteiger partial charge < -0.3 is 5.32 Å². The number of benzene rings is 2. The minimum atomic E-state index is -0.270. The smallest absolute Gasteiger partial charge is 0.259 e. The van der Waals surface area contributed by atoms with Gasteiger partial charge in [-0.3, -0.25) is 14.8 Å². The maximum atomic E-state index is 12.9. The summed E-state index contributed by atoms with van der Waals surface area (Å²) in [5.74, 6) is 0.0665. The Morgan fingerprint density at radius 3 is 2.57 bits per heavy atom. The summed E-state index contributed by atoms with van der Waals surface area (Å²) in [6.45, 7) is 6.24. The summed E-state index contributed by atoms with van der Waals surface area (Å²) in [5, 5.41) is 11.2. The predicted molar refractivity (Wildman–Crippen MR) is 125 cm³/mol. The predicted octanol–water partition coefficient (Wildman–Crippen LogP) is 5.16. The van der Waals surface area contributed by atoms with Crippen molar-refractivity contribution in [2.45, 2.75) is 27.3 Å². The first-order chi connectivity index (χ1) is 14.3. The number of rotatable bonds is 4. The lowest BCUT2D eigenvalue weighted by Crippen LogP contribution is -2.36. The molecule has 0 atom stereocenters. The molecule has 0 aliphatic heterocycles. The van der Waals surface area contributed by atoms with Gasteiger partial charge in [0.25, 0.3) is 5.91 Å². The van der Waals surface area contributed by atoms with Crippen molar-refractivity contribution in [1.29, 1.82) is 0 Å². The molecule has 1 amide bonds. The number of aryl methyl sites for hydroxylation is 2. The van der Waals surface area contributed by atoms with Crippen LogP contribution in [0, 0.1) is 20.8 Å². The number of carbonyl (C=O) groups excluding carboxylic acids is 1. The van der Waals surface area contributed by atoms with E-state index in [1.165, 1.54) is 0 Å². The van der Waals surface area contributed by atoms with Gasteiger partial charge in [0, 0.05) is 33.5 Å². The lowest BCUT2D eigenvalue weighted by atomic mass is 10.2. The van der Waals surface area contributed by atoms with Gasteiger partial charge in [-0.15, -0.1) is 0 Å². The van der Waals surface area contributed by atoms with E-state index in [0.717, 1.165) is 28.2 Å². The normalized spacial score (nSPS) is 11.5. The number of aromatic nitrogens is 2. The maximum absolute atomic E-state index is 12.9. The molecule has 0 unspecified atom stereocenters. The van der Waals surface area contributed by atoms with Crippen LogP contribution in [-0.2, 0) is 13.6 Å². The van der Waals surface area contributed by atoms with Gasteiger partial charge in [-0.05, 0) is 66.5 Å².